The smallest absolute Gasteiger partial charge is 0.0419 e. The van der Waals surface area contributed by atoms with Gasteiger partial charge in [-0.15, -0.1) is 0 Å². The van der Waals surface area contributed by atoms with E-state index in [1.807, 2.05) is 12.3 Å². The van der Waals surface area contributed by atoms with Crippen molar-refractivity contribution >= 4 is 0 Å². The second kappa shape index (κ2) is 5.54. The second-order valence-electron chi connectivity index (χ2n) is 5.35. The van der Waals surface area contributed by atoms with Crippen molar-refractivity contribution in [1.82, 2.24) is 10.3 Å². The molecule has 1 N–H and O–H groups in total. The molecule has 19 heavy (non-hydrogen) atoms. The molecule has 0 spiro atoms. The van der Waals surface area contributed by atoms with Gasteiger partial charge in [0.15, 0.2) is 0 Å². The molecule has 2 aromatic rings. The number of nitrogens with zero attached hydrogens (tertiary/aromatic N) is 1. The molecule has 1 aliphatic rings. The van der Waals surface area contributed by atoms with Crippen LogP contribution in [0.5, 0.6) is 0 Å². The van der Waals surface area contributed by atoms with Crippen molar-refractivity contribution in [3.05, 3.63) is 65.5 Å². The zero-order valence-electron chi connectivity index (χ0n) is 11.3. The van der Waals surface area contributed by atoms with E-state index in [4.69, 9.17) is 0 Å². The maximum absolute atomic E-state index is 4.42. The maximum Gasteiger partial charge on any atom is 0.0419 e. The predicted molar refractivity (Wildman–Crippen MR) is 78.3 cm³/mol. The van der Waals surface area contributed by atoms with Gasteiger partial charge in [0.2, 0.25) is 0 Å². The summed E-state index contributed by atoms with van der Waals surface area (Å²) in [6.07, 6.45) is 5.32. The van der Waals surface area contributed by atoms with E-state index in [0.29, 0.717) is 6.04 Å². The van der Waals surface area contributed by atoms with Crippen molar-refractivity contribution in [2.75, 3.05) is 7.05 Å². The number of rotatable bonds is 5. The largest absolute Gasteiger partial charge is 0.317 e. The molecule has 0 aliphatic heterocycles. The Morgan fingerprint density at radius 3 is 2.79 bits per heavy atom. The lowest BCUT2D eigenvalue weighted by molar-refractivity contribution is 0.435. The summed E-state index contributed by atoms with van der Waals surface area (Å²) in [5.74, 6) is 0.720. The Balaban J connectivity index is 1.63. The van der Waals surface area contributed by atoms with Gasteiger partial charge in [-0.3, -0.25) is 4.98 Å². The van der Waals surface area contributed by atoms with Gasteiger partial charge in [-0.1, -0.05) is 30.3 Å². The Hall–Kier alpha value is -1.67. The van der Waals surface area contributed by atoms with E-state index in [1.165, 1.54) is 24.1 Å². The summed E-state index contributed by atoms with van der Waals surface area (Å²) in [6, 6.07) is 15.5. The Kier molecular flexibility index (Phi) is 3.60. The number of nitrogens with one attached hydrogen (secondary N) is 1. The minimum Gasteiger partial charge on any atom is -0.317 e. The molecule has 0 fully saturated rings. The van der Waals surface area contributed by atoms with Crippen molar-refractivity contribution in [2.45, 2.75) is 31.2 Å². The van der Waals surface area contributed by atoms with Crippen LogP contribution in [-0.4, -0.2) is 18.1 Å². The molecule has 2 nitrogen and oxygen atoms in total. The van der Waals surface area contributed by atoms with Crippen molar-refractivity contribution in [3.8, 4) is 0 Å². The summed E-state index contributed by atoms with van der Waals surface area (Å²) in [6.45, 7) is 0. The number of hydrogen-bond acceptors (Lipinski definition) is 2. The molecule has 2 unspecified atom stereocenters. The van der Waals surface area contributed by atoms with Gasteiger partial charge >= 0.3 is 0 Å². The fourth-order valence-corrected chi connectivity index (χ4v) is 2.99. The van der Waals surface area contributed by atoms with Gasteiger partial charge in [0, 0.05) is 24.4 Å². The van der Waals surface area contributed by atoms with Gasteiger partial charge in [-0.2, -0.15) is 0 Å². The Bertz CT molecular complexity index is 536. The lowest BCUT2D eigenvalue weighted by Gasteiger charge is -2.33. The summed E-state index contributed by atoms with van der Waals surface area (Å²) >= 11 is 0. The molecule has 98 valence electrons. The van der Waals surface area contributed by atoms with Crippen molar-refractivity contribution < 1.29 is 0 Å². The first kappa shape index (κ1) is 12.4. The van der Waals surface area contributed by atoms with Crippen LogP contribution in [0.25, 0.3) is 0 Å². The molecule has 1 aromatic carbocycles. The predicted octanol–water partition coefficient (Wildman–Crippen LogP) is 2.94. The third-order valence-corrected chi connectivity index (χ3v) is 4.12. The van der Waals surface area contributed by atoms with Crippen molar-refractivity contribution in [1.29, 1.82) is 0 Å². The van der Waals surface area contributed by atoms with Gasteiger partial charge < -0.3 is 5.32 Å². The van der Waals surface area contributed by atoms with Crippen LogP contribution in [0.3, 0.4) is 0 Å². The molecule has 0 amide bonds. The van der Waals surface area contributed by atoms with E-state index < -0.39 is 0 Å². The lowest BCUT2D eigenvalue weighted by Crippen LogP contribution is -2.32. The first-order chi connectivity index (χ1) is 9.36. The Morgan fingerprint density at radius 1 is 1.21 bits per heavy atom. The van der Waals surface area contributed by atoms with E-state index >= 15 is 0 Å². The molecule has 2 heteroatoms. The number of pyridine rings is 1. The molecule has 0 saturated carbocycles. The summed E-state index contributed by atoms with van der Waals surface area (Å²) in [5, 5.41) is 3.44. The number of hydrogen-bond donors (Lipinski definition) is 1. The summed E-state index contributed by atoms with van der Waals surface area (Å²) in [4.78, 5) is 4.42. The highest BCUT2D eigenvalue weighted by Gasteiger charge is 2.27. The average molecular weight is 252 g/mol. The third-order valence-electron chi connectivity index (χ3n) is 4.12. The van der Waals surface area contributed by atoms with E-state index in [2.05, 4.69) is 53.7 Å². The molecule has 1 heterocycles. The second-order valence-corrected chi connectivity index (χ2v) is 5.35. The SMILES string of the molecule is CNC(Cc1ccccn1)CC1Cc2ccccc21. The molecule has 2 atom stereocenters. The highest BCUT2D eigenvalue weighted by atomic mass is 14.9. The number of fused-ring (bicyclic) bond motifs is 1. The van der Waals surface area contributed by atoms with Crippen LogP contribution in [0.15, 0.2) is 48.7 Å². The van der Waals surface area contributed by atoms with E-state index in [0.717, 1.165) is 12.3 Å². The van der Waals surface area contributed by atoms with Crippen LogP contribution in [0.1, 0.15) is 29.2 Å². The topological polar surface area (TPSA) is 24.9 Å². The molecule has 0 radical (unpaired) electrons. The van der Waals surface area contributed by atoms with Crippen molar-refractivity contribution in [3.63, 3.8) is 0 Å². The Morgan fingerprint density at radius 2 is 2.05 bits per heavy atom. The number of aromatic nitrogens is 1. The molecule has 1 aliphatic carbocycles. The van der Waals surface area contributed by atoms with Crippen LogP contribution in [0.2, 0.25) is 0 Å². The number of benzene rings is 1. The fraction of sp³-hybridized carbons (Fsp3) is 0.353. The van der Waals surface area contributed by atoms with Crippen LogP contribution < -0.4 is 5.32 Å². The standard InChI is InChI=1S/C17H20N2/c1-18-16(12-15-7-4-5-9-19-15)11-14-10-13-6-2-3-8-17(13)14/h2-9,14,16,18H,10-12H2,1H3. The Labute approximate surface area is 114 Å². The number of likely N-dealkylation sites (N-methyl/N-ethyl adjacent to an activating group) is 1. The quantitative estimate of drug-likeness (QED) is 0.885. The minimum absolute atomic E-state index is 0.508. The van der Waals surface area contributed by atoms with Crippen LogP contribution in [0.4, 0.5) is 0 Å². The van der Waals surface area contributed by atoms with Gasteiger partial charge in [0.1, 0.15) is 0 Å². The summed E-state index contributed by atoms with van der Waals surface area (Å²) in [7, 11) is 2.05. The average Bonchev–Trinajstić information content (AvgIpc) is 2.44. The minimum atomic E-state index is 0.508. The molecule has 0 saturated heterocycles. The first-order valence-corrected chi connectivity index (χ1v) is 7.02. The van der Waals surface area contributed by atoms with Crippen LogP contribution >= 0.6 is 0 Å². The van der Waals surface area contributed by atoms with Gasteiger partial charge in [-0.25, -0.2) is 0 Å². The first-order valence-electron chi connectivity index (χ1n) is 7.02. The fourth-order valence-electron chi connectivity index (χ4n) is 2.99. The van der Waals surface area contributed by atoms with Crippen molar-refractivity contribution in [2.24, 2.45) is 0 Å². The molecule has 3 rings (SSSR count). The highest BCUT2D eigenvalue weighted by Crippen LogP contribution is 2.38. The third kappa shape index (κ3) is 2.69. The van der Waals surface area contributed by atoms with Gasteiger partial charge in [0.25, 0.3) is 0 Å². The molecular formula is C17H20N2. The molecular weight excluding hydrogens is 232 g/mol. The van der Waals surface area contributed by atoms with E-state index in [1.54, 1.807) is 5.56 Å². The molecule has 0 bridgehead atoms. The van der Waals surface area contributed by atoms with Gasteiger partial charge in [0.05, 0.1) is 0 Å². The monoisotopic (exact) mass is 252 g/mol. The lowest BCUT2D eigenvalue weighted by atomic mass is 9.74. The normalized spacial score (nSPS) is 18.5. The maximum atomic E-state index is 4.42. The van der Waals surface area contributed by atoms with E-state index in [9.17, 15) is 0 Å². The zero-order chi connectivity index (χ0) is 13.1. The summed E-state index contributed by atoms with van der Waals surface area (Å²) in [5.41, 5.74) is 4.25. The highest BCUT2D eigenvalue weighted by molar-refractivity contribution is 5.40. The van der Waals surface area contributed by atoms with Crippen LogP contribution in [0, 0.1) is 0 Å². The molecule has 1 aromatic heterocycles. The van der Waals surface area contributed by atoms with E-state index in [-0.39, 0.29) is 0 Å². The zero-order valence-corrected chi connectivity index (χ0v) is 11.3. The van der Waals surface area contributed by atoms with Gasteiger partial charge in [-0.05, 0) is 49.1 Å². The van der Waals surface area contributed by atoms with Crippen LogP contribution in [-0.2, 0) is 12.8 Å². The summed E-state index contributed by atoms with van der Waals surface area (Å²) < 4.78 is 0.